The summed E-state index contributed by atoms with van der Waals surface area (Å²) in [5, 5.41) is 3.25. The molecule has 0 radical (unpaired) electrons. The van der Waals surface area contributed by atoms with E-state index in [1.165, 1.54) is 6.42 Å². The molecular formula is C14H26N2O2. The second kappa shape index (κ2) is 6.53. The van der Waals surface area contributed by atoms with Gasteiger partial charge in [0.25, 0.3) is 0 Å². The van der Waals surface area contributed by atoms with E-state index in [1.807, 2.05) is 4.90 Å². The summed E-state index contributed by atoms with van der Waals surface area (Å²) < 4.78 is 5.83. The highest BCUT2D eigenvalue weighted by molar-refractivity contribution is 5.77. The van der Waals surface area contributed by atoms with E-state index >= 15 is 0 Å². The third-order valence-corrected chi connectivity index (χ3v) is 4.05. The molecule has 1 heterocycles. The first-order chi connectivity index (χ1) is 8.65. The predicted octanol–water partition coefficient (Wildman–Crippen LogP) is 1.26. The molecule has 2 fully saturated rings. The average molecular weight is 254 g/mol. The lowest BCUT2D eigenvalue weighted by molar-refractivity contribution is -0.140. The maximum atomic E-state index is 12.0. The van der Waals surface area contributed by atoms with Gasteiger partial charge >= 0.3 is 0 Å². The molecule has 1 N–H and O–H groups in total. The molecule has 0 aromatic rings. The number of carbonyl (C=O) groups is 1. The van der Waals surface area contributed by atoms with E-state index in [2.05, 4.69) is 19.2 Å². The van der Waals surface area contributed by atoms with Gasteiger partial charge in [0.05, 0.1) is 6.10 Å². The van der Waals surface area contributed by atoms with Crippen LogP contribution in [0.5, 0.6) is 0 Å². The number of ether oxygens (including phenoxy) is 1. The maximum Gasteiger partial charge on any atom is 0.248 e. The lowest BCUT2D eigenvalue weighted by Crippen LogP contribution is -2.48. The highest BCUT2D eigenvalue weighted by Gasteiger charge is 2.25. The van der Waals surface area contributed by atoms with Crippen molar-refractivity contribution in [2.45, 2.75) is 39.2 Å². The Balaban J connectivity index is 1.71. The summed E-state index contributed by atoms with van der Waals surface area (Å²) in [5.74, 6) is 1.61. The zero-order chi connectivity index (χ0) is 13.0. The quantitative estimate of drug-likeness (QED) is 0.824. The summed E-state index contributed by atoms with van der Waals surface area (Å²) >= 11 is 0. The Morgan fingerprint density at radius 2 is 1.78 bits per heavy atom. The van der Waals surface area contributed by atoms with Crippen molar-refractivity contribution < 1.29 is 9.53 Å². The second-order valence-corrected chi connectivity index (χ2v) is 5.98. The van der Waals surface area contributed by atoms with Crippen molar-refractivity contribution >= 4 is 5.91 Å². The molecule has 4 nitrogen and oxygen atoms in total. The number of amides is 1. The van der Waals surface area contributed by atoms with E-state index in [0.717, 1.165) is 50.9 Å². The highest BCUT2D eigenvalue weighted by atomic mass is 16.5. The van der Waals surface area contributed by atoms with E-state index in [-0.39, 0.29) is 18.6 Å². The van der Waals surface area contributed by atoms with E-state index in [1.54, 1.807) is 0 Å². The Kier molecular flexibility index (Phi) is 5.01. The molecule has 4 heteroatoms. The van der Waals surface area contributed by atoms with E-state index in [9.17, 15) is 4.79 Å². The van der Waals surface area contributed by atoms with Gasteiger partial charge in [-0.15, -0.1) is 0 Å². The van der Waals surface area contributed by atoms with Crippen LogP contribution in [0.25, 0.3) is 0 Å². The first kappa shape index (κ1) is 13.8. The van der Waals surface area contributed by atoms with Crippen LogP contribution >= 0.6 is 0 Å². The molecule has 2 aliphatic rings. The number of nitrogens with zero attached hydrogens (tertiary/aromatic N) is 1. The first-order valence-electron chi connectivity index (χ1n) is 7.25. The molecule has 0 bridgehead atoms. The van der Waals surface area contributed by atoms with Crippen LogP contribution < -0.4 is 5.32 Å². The zero-order valence-electron chi connectivity index (χ0n) is 11.7. The minimum atomic E-state index is 0.155. The number of carbonyl (C=O) groups excluding carboxylic acids is 1. The third kappa shape index (κ3) is 3.95. The summed E-state index contributed by atoms with van der Waals surface area (Å²) in [6.45, 7) is 8.28. The maximum absolute atomic E-state index is 12.0. The van der Waals surface area contributed by atoms with Crippen LogP contribution in [0, 0.1) is 11.8 Å². The predicted molar refractivity (Wildman–Crippen MR) is 71.4 cm³/mol. The summed E-state index contributed by atoms with van der Waals surface area (Å²) in [6, 6.07) is 0. The van der Waals surface area contributed by atoms with Crippen LogP contribution in [-0.2, 0) is 9.53 Å². The standard InChI is InChI=1S/C14H26N2O2/c1-11-7-12(2)9-13(8-11)18-10-14(17)16-5-3-15-4-6-16/h11-13,15H,3-10H2,1-2H3. The van der Waals surface area contributed by atoms with Gasteiger partial charge in [0.2, 0.25) is 5.91 Å². The zero-order valence-corrected chi connectivity index (χ0v) is 11.7. The highest BCUT2D eigenvalue weighted by Crippen LogP contribution is 2.30. The average Bonchev–Trinajstić information content (AvgIpc) is 2.36. The van der Waals surface area contributed by atoms with E-state index in [4.69, 9.17) is 4.74 Å². The third-order valence-electron chi connectivity index (χ3n) is 4.05. The minimum Gasteiger partial charge on any atom is -0.368 e. The summed E-state index contributed by atoms with van der Waals surface area (Å²) in [5.41, 5.74) is 0. The summed E-state index contributed by atoms with van der Waals surface area (Å²) in [7, 11) is 0. The van der Waals surface area contributed by atoms with Gasteiger partial charge in [0.15, 0.2) is 0 Å². The fourth-order valence-corrected chi connectivity index (χ4v) is 3.20. The van der Waals surface area contributed by atoms with Gasteiger partial charge in [-0.05, 0) is 31.1 Å². The van der Waals surface area contributed by atoms with Gasteiger partial charge in [-0.25, -0.2) is 0 Å². The van der Waals surface area contributed by atoms with Gasteiger partial charge in [0.1, 0.15) is 6.61 Å². The number of rotatable bonds is 3. The topological polar surface area (TPSA) is 41.6 Å². The van der Waals surface area contributed by atoms with Crippen molar-refractivity contribution in [2.24, 2.45) is 11.8 Å². The Bertz CT molecular complexity index is 267. The lowest BCUT2D eigenvalue weighted by atomic mass is 9.82. The fourth-order valence-electron chi connectivity index (χ4n) is 3.20. The van der Waals surface area contributed by atoms with E-state index in [0.29, 0.717) is 0 Å². The number of hydrogen-bond acceptors (Lipinski definition) is 3. The van der Waals surface area contributed by atoms with Crippen LogP contribution in [0.4, 0.5) is 0 Å². The summed E-state index contributed by atoms with van der Waals surface area (Å²) in [6.07, 6.45) is 3.81. The molecule has 1 aliphatic heterocycles. The van der Waals surface area contributed by atoms with E-state index < -0.39 is 0 Å². The molecule has 104 valence electrons. The smallest absolute Gasteiger partial charge is 0.248 e. The molecule has 18 heavy (non-hydrogen) atoms. The largest absolute Gasteiger partial charge is 0.368 e. The van der Waals surface area contributed by atoms with Crippen LogP contribution in [-0.4, -0.2) is 49.7 Å². The number of hydrogen-bond donors (Lipinski definition) is 1. The molecule has 1 saturated heterocycles. The van der Waals surface area contributed by atoms with Crippen molar-refractivity contribution in [1.29, 1.82) is 0 Å². The van der Waals surface area contributed by atoms with Gasteiger partial charge in [-0.2, -0.15) is 0 Å². The van der Waals surface area contributed by atoms with Gasteiger partial charge in [-0.3, -0.25) is 4.79 Å². The van der Waals surface area contributed by atoms with Crippen molar-refractivity contribution in [3.8, 4) is 0 Å². The normalized spacial score (nSPS) is 33.4. The SMILES string of the molecule is CC1CC(C)CC(OCC(=O)N2CCNCC2)C1. The molecular weight excluding hydrogens is 228 g/mol. The molecule has 0 aromatic heterocycles. The number of nitrogens with one attached hydrogen (secondary N) is 1. The van der Waals surface area contributed by atoms with Crippen molar-refractivity contribution in [1.82, 2.24) is 10.2 Å². The summed E-state index contributed by atoms with van der Waals surface area (Å²) in [4.78, 5) is 13.9. The molecule has 0 aromatic carbocycles. The van der Waals surface area contributed by atoms with Crippen molar-refractivity contribution in [3.05, 3.63) is 0 Å². The molecule has 2 atom stereocenters. The molecule has 1 saturated carbocycles. The molecule has 1 aliphatic carbocycles. The molecule has 1 amide bonds. The lowest BCUT2D eigenvalue weighted by Gasteiger charge is -2.32. The molecule has 2 unspecified atom stereocenters. The van der Waals surface area contributed by atoms with Crippen LogP contribution in [0.3, 0.4) is 0 Å². The Morgan fingerprint density at radius 1 is 1.17 bits per heavy atom. The monoisotopic (exact) mass is 254 g/mol. The molecule has 2 rings (SSSR count). The minimum absolute atomic E-state index is 0.155. The van der Waals surface area contributed by atoms with Crippen LogP contribution in [0.15, 0.2) is 0 Å². The van der Waals surface area contributed by atoms with Crippen LogP contribution in [0.2, 0.25) is 0 Å². The Morgan fingerprint density at radius 3 is 2.39 bits per heavy atom. The second-order valence-electron chi connectivity index (χ2n) is 5.98. The van der Waals surface area contributed by atoms with Gasteiger partial charge < -0.3 is 15.0 Å². The first-order valence-corrected chi connectivity index (χ1v) is 7.25. The van der Waals surface area contributed by atoms with Crippen LogP contribution in [0.1, 0.15) is 33.1 Å². The number of piperazine rings is 1. The van der Waals surface area contributed by atoms with Gasteiger partial charge in [-0.1, -0.05) is 13.8 Å². The Labute approximate surface area is 110 Å². The fraction of sp³-hybridized carbons (Fsp3) is 0.929. The van der Waals surface area contributed by atoms with Crippen molar-refractivity contribution in [2.75, 3.05) is 32.8 Å². The molecule has 0 spiro atoms. The van der Waals surface area contributed by atoms with Crippen molar-refractivity contribution in [3.63, 3.8) is 0 Å². The van der Waals surface area contributed by atoms with Gasteiger partial charge in [0, 0.05) is 26.2 Å². The Hall–Kier alpha value is -0.610.